The molecular weight excluding hydrogens is 262 g/mol. The van der Waals surface area contributed by atoms with E-state index in [0.29, 0.717) is 11.6 Å². The predicted molar refractivity (Wildman–Crippen MR) is 78.5 cm³/mol. The molecule has 0 aromatic heterocycles. The highest BCUT2D eigenvalue weighted by Crippen LogP contribution is 2.11. The first-order chi connectivity index (χ1) is 8.79. The summed E-state index contributed by atoms with van der Waals surface area (Å²) in [6, 6.07) is 7.23. The summed E-state index contributed by atoms with van der Waals surface area (Å²) in [5.74, 6) is -0.204. The molecule has 0 bridgehead atoms. The number of hydrogen-bond acceptors (Lipinski definition) is 3. The minimum Gasteiger partial charge on any atom is -0.464 e. The largest absolute Gasteiger partial charge is 0.464 e. The number of carbonyl (C=O) groups is 1. The Hall–Kier alpha value is -1.06. The van der Waals surface area contributed by atoms with Gasteiger partial charge in [-0.05, 0) is 45.5 Å². The zero-order valence-corrected chi connectivity index (χ0v) is 12.8. The molecule has 0 atom stereocenters. The molecule has 0 amide bonds. The first-order valence-electron chi connectivity index (χ1n) is 6.40. The van der Waals surface area contributed by atoms with Crippen molar-refractivity contribution in [1.29, 1.82) is 0 Å². The molecule has 0 spiro atoms. The van der Waals surface area contributed by atoms with Crippen LogP contribution in [0.4, 0.5) is 0 Å². The highest BCUT2D eigenvalue weighted by Gasteiger charge is 2.16. The lowest BCUT2D eigenvalue weighted by Crippen LogP contribution is -2.40. The van der Waals surface area contributed by atoms with E-state index in [-0.39, 0.29) is 17.9 Å². The molecule has 0 heterocycles. The molecule has 0 aliphatic carbocycles. The Balaban J connectivity index is 2.31. The van der Waals surface area contributed by atoms with Crippen molar-refractivity contribution < 1.29 is 9.53 Å². The summed E-state index contributed by atoms with van der Waals surface area (Å²) in [6.45, 7) is 7.53. The highest BCUT2D eigenvalue weighted by molar-refractivity contribution is 6.30. The standard InChI is InChI=1S/C15H22ClNO2/c1-15(2,3)17(4)9-10-19-14(18)11-12-5-7-13(16)8-6-12/h5-8H,9-11H2,1-4H3. The van der Waals surface area contributed by atoms with Gasteiger partial charge < -0.3 is 4.74 Å². The van der Waals surface area contributed by atoms with Gasteiger partial charge >= 0.3 is 5.97 Å². The second-order valence-electron chi connectivity index (χ2n) is 5.62. The van der Waals surface area contributed by atoms with Crippen molar-refractivity contribution in [1.82, 2.24) is 4.90 Å². The van der Waals surface area contributed by atoms with Crippen LogP contribution in [0.3, 0.4) is 0 Å². The second-order valence-corrected chi connectivity index (χ2v) is 6.05. The number of halogens is 1. The van der Waals surface area contributed by atoms with Gasteiger partial charge in [0.05, 0.1) is 6.42 Å². The maximum atomic E-state index is 11.7. The van der Waals surface area contributed by atoms with Crippen LogP contribution in [-0.4, -0.2) is 36.6 Å². The van der Waals surface area contributed by atoms with Crippen molar-refractivity contribution in [2.45, 2.75) is 32.7 Å². The summed E-state index contributed by atoms with van der Waals surface area (Å²) in [6.07, 6.45) is 0.288. The summed E-state index contributed by atoms with van der Waals surface area (Å²) in [5.41, 5.74) is 1.00. The Bertz CT molecular complexity index is 409. The maximum absolute atomic E-state index is 11.7. The number of hydrogen-bond donors (Lipinski definition) is 0. The van der Waals surface area contributed by atoms with Crippen molar-refractivity contribution in [2.24, 2.45) is 0 Å². The average molecular weight is 284 g/mol. The number of carbonyl (C=O) groups excluding carboxylic acids is 1. The molecule has 1 aromatic rings. The zero-order valence-electron chi connectivity index (χ0n) is 12.1. The first kappa shape index (κ1) is 16.0. The van der Waals surface area contributed by atoms with Crippen LogP contribution in [0.15, 0.2) is 24.3 Å². The van der Waals surface area contributed by atoms with Crippen LogP contribution >= 0.6 is 11.6 Å². The van der Waals surface area contributed by atoms with Gasteiger partial charge in [0.25, 0.3) is 0 Å². The molecule has 0 fully saturated rings. The molecule has 0 aliphatic rings. The van der Waals surface area contributed by atoms with Gasteiger partial charge in [-0.15, -0.1) is 0 Å². The van der Waals surface area contributed by atoms with Gasteiger partial charge in [0.2, 0.25) is 0 Å². The van der Waals surface area contributed by atoms with Crippen LogP contribution in [0.1, 0.15) is 26.3 Å². The summed E-state index contributed by atoms with van der Waals surface area (Å²) in [5, 5.41) is 0.670. The van der Waals surface area contributed by atoms with Crippen LogP contribution in [0.5, 0.6) is 0 Å². The number of nitrogens with zero attached hydrogens (tertiary/aromatic N) is 1. The van der Waals surface area contributed by atoms with Gasteiger partial charge in [-0.2, -0.15) is 0 Å². The lowest BCUT2D eigenvalue weighted by Gasteiger charge is -2.31. The van der Waals surface area contributed by atoms with E-state index in [1.165, 1.54) is 0 Å². The van der Waals surface area contributed by atoms with Gasteiger partial charge in [0, 0.05) is 17.1 Å². The van der Waals surface area contributed by atoms with Gasteiger partial charge in [-0.1, -0.05) is 23.7 Å². The van der Waals surface area contributed by atoms with Crippen molar-refractivity contribution >= 4 is 17.6 Å². The monoisotopic (exact) mass is 283 g/mol. The maximum Gasteiger partial charge on any atom is 0.310 e. The average Bonchev–Trinajstić information content (AvgIpc) is 2.31. The minimum atomic E-state index is -0.204. The number of esters is 1. The Morgan fingerprint density at radius 2 is 1.84 bits per heavy atom. The Kier molecular flexibility index (Phi) is 5.83. The van der Waals surface area contributed by atoms with E-state index in [2.05, 4.69) is 25.7 Å². The van der Waals surface area contributed by atoms with Crippen LogP contribution in [0, 0.1) is 0 Å². The number of rotatable bonds is 5. The molecule has 0 saturated heterocycles. The van der Waals surface area contributed by atoms with Gasteiger partial charge in [0.1, 0.15) is 6.61 Å². The lowest BCUT2D eigenvalue weighted by molar-refractivity contribution is -0.143. The quantitative estimate of drug-likeness (QED) is 0.778. The third kappa shape index (κ3) is 6.08. The molecule has 0 saturated carbocycles. The summed E-state index contributed by atoms with van der Waals surface area (Å²) < 4.78 is 5.23. The van der Waals surface area contributed by atoms with Gasteiger partial charge in [0.15, 0.2) is 0 Å². The van der Waals surface area contributed by atoms with E-state index < -0.39 is 0 Å². The molecule has 19 heavy (non-hydrogen) atoms. The van der Waals surface area contributed by atoms with Crippen molar-refractivity contribution in [2.75, 3.05) is 20.2 Å². The first-order valence-corrected chi connectivity index (χ1v) is 6.78. The molecule has 0 aliphatic heterocycles. The fourth-order valence-corrected chi connectivity index (χ4v) is 1.58. The molecule has 0 unspecified atom stereocenters. The Labute approximate surface area is 120 Å². The topological polar surface area (TPSA) is 29.5 Å². The van der Waals surface area contributed by atoms with Crippen molar-refractivity contribution in [3.05, 3.63) is 34.9 Å². The molecule has 1 rings (SSSR count). The van der Waals surface area contributed by atoms with E-state index in [9.17, 15) is 4.79 Å². The number of benzene rings is 1. The summed E-state index contributed by atoms with van der Waals surface area (Å²) in [4.78, 5) is 13.8. The zero-order chi connectivity index (χ0) is 14.5. The van der Waals surface area contributed by atoms with E-state index in [1.54, 1.807) is 12.1 Å². The number of likely N-dealkylation sites (N-methyl/N-ethyl adjacent to an activating group) is 1. The smallest absolute Gasteiger partial charge is 0.310 e. The van der Waals surface area contributed by atoms with Crippen LogP contribution in [0.25, 0.3) is 0 Å². The predicted octanol–water partition coefficient (Wildman–Crippen LogP) is 3.16. The Morgan fingerprint density at radius 1 is 1.26 bits per heavy atom. The van der Waals surface area contributed by atoms with Gasteiger partial charge in [-0.25, -0.2) is 0 Å². The van der Waals surface area contributed by atoms with E-state index in [4.69, 9.17) is 16.3 Å². The van der Waals surface area contributed by atoms with Crippen molar-refractivity contribution in [3.63, 3.8) is 0 Å². The van der Waals surface area contributed by atoms with Crippen LogP contribution in [-0.2, 0) is 16.0 Å². The fraction of sp³-hybridized carbons (Fsp3) is 0.533. The van der Waals surface area contributed by atoms with Crippen molar-refractivity contribution in [3.8, 4) is 0 Å². The van der Waals surface area contributed by atoms with E-state index in [0.717, 1.165) is 12.1 Å². The van der Waals surface area contributed by atoms with Gasteiger partial charge in [-0.3, -0.25) is 9.69 Å². The number of ether oxygens (including phenoxy) is 1. The fourth-order valence-electron chi connectivity index (χ4n) is 1.45. The summed E-state index contributed by atoms with van der Waals surface area (Å²) >= 11 is 5.79. The molecular formula is C15H22ClNO2. The lowest BCUT2D eigenvalue weighted by atomic mass is 10.1. The molecule has 0 N–H and O–H groups in total. The normalized spacial score (nSPS) is 11.7. The molecule has 3 nitrogen and oxygen atoms in total. The molecule has 0 radical (unpaired) electrons. The second kappa shape index (κ2) is 6.92. The molecule has 4 heteroatoms. The van der Waals surface area contributed by atoms with E-state index in [1.807, 2.05) is 19.2 Å². The summed E-state index contributed by atoms with van der Waals surface area (Å²) in [7, 11) is 2.02. The Morgan fingerprint density at radius 3 is 2.37 bits per heavy atom. The van der Waals surface area contributed by atoms with Crippen LogP contribution in [0.2, 0.25) is 5.02 Å². The minimum absolute atomic E-state index is 0.0859. The molecule has 106 valence electrons. The third-order valence-corrected chi connectivity index (χ3v) is 3.35. The third-order valence-electron chi connectivity index (χ3n) is 3.10. The van der Waals surface area contributed by atoms with E-state index >= 15 is 0 Å². The van der Waals surface area contributed by atoms with Crippen LogP contribution < -0.4 is 0 Å². The SMILES string of the molecule is CN(CCOC(=O)Cc1ccc(Cl)cc1)C(C)(C)C. The molecule has 1 aromatic carbocycles. The highest BCUT2D eigenvalue weighted by atomic mass is 35.5.